The van der Waals surface area contributed by atoms with Gasteiger partial charge in [0.25, 0.3) is 0 Å². The molecule has 4 rings (SSSR count). The fourth-order valence-corrected chi connectivity index (χ4v) is 3.08. The van der Waals surface area contributed by atoms with Crippen molar-refractivity contribution in [3.63, 3.8) is 0 Å². The second kappa shape index (κ2) is 4.78. The molecule has 2 aliphatic rings. The van der Waals surface area contributed by atoms with Gasteiger partial charge in [-0.15, -0.1) is 0 Å². The maximum Gasteiger partial charge on any atom is 0.200 e. The van der Waals surface area contributed by atoms with Crippen molar-refractivity contribution in [3.8, 4) is 11.5 Å². The topological polar surface area (TPSA) is 27.7 Å². The fraction of sp³-hybridized carbons (Fsp3) is 0.333. The van der Waals surface area contributed by atoms with Crippen LogP contribution in [0, 0.1) is 0 Å². The predicted molar refractivity (Wildman–Crippen MR) is 79.6 cm³/mol. The molecule has 3 nitrogen and oxygen atoms in total. The lowest BCUT2D eigenvalue weighted by Gasteiger charge is -2.30. The molecule has 2 heterocycles. The van der Waals surface area contributed by atoms with E-state index in [4.69, 9.17) is 14.2 Å². The molecule has 3 heteroatoms. The van der Waals surface area contributed by atoms with Crippen molar-refractivity contribution in [3.05, 3.63) is 59.7 Å². The van der Waals surface area contributed by atoms with Crippen LogP contribution in [-0.2, 0) is 16.8 Å². The quantitative estimate of drug-likeness (QED) is 0.860. The molecule has 0 saturated carbocycles. The average Bonchev–Trinajstić information content (AvgIpc) is 2.83. The number of hydrogen-bond donors (Lipinski definition) is 0. The monoisotopic (exact) mass is 282 g/mol. The number of hydrogen-bond acceptors (Lipinski definition) is 3. The van der Waals surface area contributed by atoms with Crippen molar-refractivity contribution < 1.29 is 14.2 Å². The second-order valence-corrected chi connectivity index (χ2v) is 6.06. The Kier molecular flexibility index (Phi) is 2.89. The molecule has 2 aliphatic heterocycles. The van der Waals surface area contributed by atoms with Gasteiger partial charge < -0.3 is 14.2 Å². The summed E-state index contributed by atoms with van der Waals surface area (Å²) in [6.07, 6.45) is 0.834. The molecule has 0 N–H and O–H groups in total. The average molecular weight is 282 g/mol. The summed E-state index contributed by atoms with van der Waals surface area (Å²) in [7, 11) is 0. The normalized spacial score (nSPS) is 26.0. The molecule has 0 amide bonds. The Bertz CT molecular complexity index is 653. The van der Waals surface area contributed by atoms with Gasteiger partial charge >= 0.3 is 0 Å². The van der Waals surface area contributed by atoms with E-state index in [9.17, 15) is 0 Å². The SMILES string of the molecule is CC12COC(C1)Oc1ccc(OCc3ccccc3)cc12. The molecule has 0 aromatic heterocycles. The molecule has 2 aromatic rings. The Morgan fingerprint density at radius 3 is 2.90 bits per heavy atom. The van der Waals surface area contributed by atoms with Crippen LogP contribution in [0.25, 0.3) is 0 Å². The molecule has 21 heavy (non-hydrogen) atoms. The lowest BCUT2D eigenvalue weighted by Crippen LogP contribution is -2.29. The molecular formula is C18H18O3. The van der Waals surface area contributed by atoms with Gasteiger partial charge in [0.2, 0.25) is 6.29 Å². The molecule has 1 saturated heterocycles. The number of rotatable bonds is 3. The lowest BCUT2D eigenvalue weighted by molar-refractivity contribution is -0.0380. The highest BCUT2D eigenvalue weighted by atomic mass is 16.7. The van der Waals surface area contributed by atoms with Gasteiger partial charge in [0.1, 0.15) is 18.1 Å². The van der Waals surface area contributed by atoms with Crippen molar-refractivity contribution in [2.45, 2.75) is 31.7 Å². The summed E-state index contributed by atoms with van der Waals surface area (Å²) in [5, 5.41) is 0. The van der Waals surface area contributed by atoms with Gasteiger partial charge in [-0.2, -0.15) is 0 Å². The standard InChI is InChI=1S/C18H18O3/c1-18-10-17(20-12-18)21-16-8-7-14(9-15(16)18)19-11-13-5-3-2-4-6-13/h2-9,17H,10-12H2,1H3. The van der Waals surface area contributed by atoms with Gasteiger partial charge in [-0.25, -0.2) is 0 Å². The van der Waals surface area contributed by atoms with Crippen LogP contribution in [0.5, 0.6) is 11.5 Å². The van der Waals surface area contributed by atoms with E-state index in [-0.39, 0.29) is 11.7 Å². The molecular weight excluding hydrogens is 264 g/mol. The molecule has 0 radical (unpaired) electrons. The van der Waals surface area contributed by atoms with Gasteiger partial charge in [-0.05, 0) is 23.8 Å². The highest BCUT2D eigenvalue weighted by Crippen LogP contribution is 2.47. The van der Waals surface area contributed by atoms with Crippen molar-refractivity contribution in [2.24, 2.45) is 0 Å². The summed E-state index contributed by atoms with van der Waals surface area (Å²) in [6.45, 7) is 3.53. The van der Waals surface area contributed by atoms with Crippen LogP contribution in [0.3, 0.4) is 0 Å². The van der Waals surface area contributed by atoms with Crippen LogP contribution in [0.2, 0.25) is 0 Å². The summed E-state index contributed by atoms with van der Waals surface area (Å²) < 4.78 is 17.4. The summed E-state index contributed by atoms with van der Waals surface area (Å²) in [4.78, 5) is 0. The Balaban J connectivity index is 1.57. The predicted octanol–water partition coefficient (Wildman–Crippen LogP) is 3.66. The van der Waals surface area contributed by atoms with Crippen molar-refractivity contribution in [1.29, 1.82) is 0 Å². The minimum Gasteiger partial charge on any atom is -0.489 e. The zero-order valence-corrected chi connectivity index (χ0v) is 12.0. The summed E-state index contributed by atoms with van der Waals surface area (Å²) in [6, 6.07) is 16.3. The Hall–Kier alpha value is -2.00. The van der Waals surface area contributed by atoms with Crippen molar-refractivity contribution >= 4 is 0 Å². The molecule has 1 fully saturated rings. The molecule has 108 valence electrons. The van der Waals surface area contributed by atoms with Gasteiger partial charge in [0, 0.05) is 17.4 Å². The third kappa shape index (κ3) is 2.28. The highest BCUT2D eigenvalue weighted by molar-refractivity contribution is 5.47. The van der Waals surface area contributed by atoms with E-state index in [0.29, 0.717) is 13.2 Å². The number of ether oxygens (including phenoxy) is 3. The Morgan fingerprint density at radius 1 is 1.19 bits per heavy atom. The zero-order chi connectivity index (χ0) is 14.3. The molecule has 2 unspecified atom stereocenters. The minimum absolute atomic E-state index is 0.0460. The molecule has 0 aliphatic carbocycles. The van der Waals surface area contributed by atoms with Gasteiger partial charge in [0.15, 0.2) is 0 Å². The second-order valence-electron chi connectivity index (χ2n) is 6.06. The summed E-state index contributed by atoms with van der Waals surface area (Å²) in [5.74, 6) is 1.81. The summed E-state index contributed by atoms with van der Waals surface area (Å²) in [5.41, 5.74) is 2.41. The maximum absolute atomic E-state index is 5.91. The lowest BCUT2D eigenvalue weighted by atomic mass is 9.80. The Morgan fingerprint density at radius 2 is 2.05 bits per heavy atom. The van der Waals surface area contributed by atoms with Crippen LogP contribution in [0.1, 0.15) is 24.5 Å². The third-order valence-electron chi connectivity index (χ3n) is 4.31. The van der Waals surface area contributed by atoms with E-state index in [0.717, 1.165) is 17.9 Å². The highest BCUT2D eigenvalue weighted by Gasteiger charge is 2.44. The maximum atomic E-state index is 5.91. The van der Waals surface area contributed by atoms with Crippen LogP contribution >= 0.6 is 0 Å². The molecule has 2 aromatic carbocycles. The number of benzene rings is 2. The van der Waals surface area contributed by atoms with Crippen molar-refractivity contribution in [1.82, 2.24) is 0 Å². The minimum atomic E-state index is -0.0846. The van der Waals surface area contributed by atoms with Crippen LogP contribution < -0.4 is 9.47 Å². The van der Waals surface area contributed by atoms with Crippen LogP contribution in [0.4, 0.5) is 0 Å². The van der Waals surface area contributed by atoms with Crippen LogP contribution in [0.15, 0.2) is 48.5 Å². The van der Waals surface area contributed by atoms with E-state index in [1.807, 2.05) is 30.3 Å². The van der Waals surface area contributed by atoms with E-state index < -0.39 is 0 Å². The molecule has 2 atom stereocenters. The first-order valence-corrected chi connectivity index (χ1v) is 7.32. The zero-order valence-electron chi connectivity index (χ0n) is 12.0. The largest absolute Gasteiger partial charge is 0.489 e. The van der Waals surface area contributed by atoms with Crippen molar-refractivity contribution in [2.75, 3.05) is 6.61 Å². The number of fused-ring (bicyclic) bond motifs is 4. The first kappa shape index (κ1) is 12.7. The first-order chi connectivity index (χ1) is 10.2. The first-order valence-electron chi connectivity index (χ1n) is 7.32. The smallest absolute Gasteiger partial charge is 0.200 e. The van der Waals surface area contributed by atoms with E-state index in [2.05, 4.69) is 25.1 Å². The Labute approximate surface area is 124 Å². The van der Waals surface area contributed by atoms with Crippen LogP contribution in [-0.4, -0.2) is 12.9 Å². The summed E-state index contributed by atoms with van der Waals surface area (Å²) >= 11 is 0. The molecule has 2 bridgehead atoms. The van der Waals surface area contributed by atoms with E-state index in [1.165, 1.54) is 11.1 Å². The molecule has 0 spiro atoms. The van der Waals surface area contributed by atoms with E-state index in [1.54, 1.807) is 0 Å². The third-order valence-corrected chi connectivity index (χ3v) is 4.31. The van der Waals surface area contributed by atoms with Gasteiger partial charge in [-0.1, -0.05) is 37.3 Å². The van der Waals surface area contributed by atoms with Gasteiger partial charge in [-0.3, -0.25) is 0 Å². The van der Waals surface area contributed by atoms with E-state index >= 15 is 0 Å². The van der Waals surface area contributed by atoms with Gasteiger partial charge in [0.05, 0.1) is 6.61 Å². The fourth-order valence-electron chi connectivity index (χ4n) is 3.08.